The fourth-order valence-corrected chi connectivity index (χ4v) is 5.27. The lowest BCUT2D eigenvalue weighted by atomic mass is 9.84. The van der Waals surface area contributed by atoms with Crippen LogP contribution in [-0.2, 0) is 16.9 Å². The lowest BCUT2D eigenvalue weighted by Crippen LogP contribution is -2.53. The molecule has 1 atom stereocenters. The van der Waals surface area contributed by atoms with Crippen molar-refractivity contribution in [1.82, 2.24) is 4.90 Å². The Morgan fingerprint density at radius 3 is 2.49 bits per heavy atom. The summed E-state index contributed by atoms with van der Waals surface area (Å²) < 4.78 is 20.0. The van der Waals surface area contributed by atoms with Crippen LogP contribution in [0.3, 0.4) is 0 Å². The van der Waals surface area contributed by atoms with E-state index in [9.17, 15) is 18.8 Å². The van der Waals surface area contributed by atoms with E-state index in [1.165, 1.54) is 17.0 Å². The van der Waals surface area contributed by atoms with Crippen LogP contribution < -0.4 is 10.3 Å². The molecular weight excluding hydrogens is 447 g/mol. The van der Waals surface area contributed by atoms with Gasteiger partial charge in [0.25, 0.3) is 11.8 Å². The molecule has 0 N–H and O–H groups in total. The van der Waals surface area contributed by atoms with E-state index in [4.69, 9.17) is 4.42 Å². The highest BCUT2D eigenvalue weighted by atomic mass is 19.1. The Kier molecular flexibility index (Phi) is 4.51. The summed E-state index contributed by atoms with van der Waals surface area (Å²) in [6, 6.07) is 20.1. The number of carbonyl (C=O) groups is 2. The van der Waals surface area contributed by atoms with Gasteiger partial charge >= 0.3 is 0 Å². The normalized spacial score (nSPS) is 18.4. The van der Waals surface area contributed by atoms with Gasteiger partial charge < -0.3 is 14.2 Å². The number of hydrogen-bond donors (Lipinski definition) is 0. The van der Waals surface area contributed by atoms with E-state index in [1.54, 1.807) is 29.2 Å². The van der Waals surface area contributed by atoms with Crippen LogP contribution in [0.15, 0.2) is 94.7 Å². The third kappa shape index (κ3) is 2.72. The van der Waals surface area contributed by atoms with Crippen molar-refractivity contribution in [1.29, 1.82) is 0 Å². The average molecular weight is 466 g/mol. The number of carbonyl (C=O) groups excluding carboxylic acids is 2. The van der Waals surface area contributed by atoms with E-state index >= 15 is 0 Å². The van der Waals surface area contributed by atoms with Crippen molar-refractivity contribution in [3.05, 3.63) is 124 Å². The number of fused-ring (bicyclic) bond motifs is 5. The average Bonchev–Trinajstić information content (AvgIpc) is 3.26. The Bertz CT molecular complexity index is 1610. The number of amides is 2. The van der Waals surface area contributed by atoms with Gasteiger partial charge in [0.15, 0.2) is 11.0 Å². The smallest absolute Gasteiger partial charge is 0.291 e. The van der Waals surface area contributed by atoms with Crippen LogP contribution in [0.25, 0.3) is 11.0 Å². The second-order valence-corrected chi connectivity index (χ2v) is 8.58. The van der Waals surface area contributed by atoms with Crippen molar-refractivity contribution in [2.75, 3.05) is 11.4 Å². The van der Waals surface area contributed by atoms with Gasteiger partial charge in [-0.2, -0.15) is 0 Å². The highest BCUT2D eigenvalue weighted by Crippen LogP contribution is 2.52. The quantitative estimate of drug-likeness (QED) is 0.419. The summed E-state index contributed by atoms with van der Waals surface area (Å²) in [7, 11) is 0. The molecule has 4 aromatic rings. The molecule has 6 nitrogen and oxygen atoms in total. The Morgan fingerprint density at radius 2 is 1.71 bits per heavy atom. The van der Waals surface area contributed by atoms with Crippen molar-refractivity contribution in [3.63, 3.8) is 0 Å². The van der Waals surface area contributed by atoms with Crippen molar-refractivity contribution in [2.24, 2.45) is 0 Å². The first-order valence-electron chi connectivity index (χ1n) is 11.1. The van der Waals surface area contributed by atoms with Crippen molar-refractivity contribution < 1.29 is 18.4 Å². The molecule has 2 aliphatic rings. The SMILES string of the molecule is C=CCN1C(=O)c2oc3ccc(F)cc3c(=O)c2C12C(=O)N(Cc1ccccc1)c1ccccc12. The zero-order valence-electron chi connectivity index (χ0n) is 18.5. The van der Waals surface area contributed by atoms with E-state index in [0.29, 0.717) is 11.3 Å². The molecule has 7 heteroatoms. The third-order valence-corrected chi connectivity index (χ3v) is 6.69. The van der Waals surface area contributed by atoms with Gasteiger partial charge in [0, 0.05) is 12.1 Å². The number of para-hydroxylation sites is 1. The minimum absolute atomic E-state index is 0.00638. The lowest BCUT2D eigenvalue weighted by Gasteiger charge is -2.33. The third-order valence-electron chi connectivity index (χ3n) is 6.69. The minimum Gasteiger partial charge on any atom is -0.450 e. The van der Waals surface area contributed by atoms with E-state index < -0.39 is 28.6 Å². The van der Waals surface area contributed by atoms with Crippen molar-refractivity contribution in [3.8, 4) is 0 Å². The van der Waals surface area contributed by atoms with Gasteiger partial charge in [-0.25, -0.2) is 4.39 Å². The first-order valence-corrected chi connectivity index (χ1v) is 11.1. The van der Waals surface area contributed by atoms with Crippen LogP contribution in [0.5, 0.6) is 0 Å². The maximum absolute atomic E-state index is 14.4. The molecule has 0 saturated heterocycles. The summed E-state index contributed by atoms with van der Waals surface area (Å²) in [5.41, 5.74) is -0.375. The molecule has 1 unspecified atom stereocenters. The van der Waals surface area contributed by atoms with Gasteiger partial charge in [-0.15, -0.1) is 6.58 Å². The van der Waals surface area contributed by atoms with Crippen LogP contribution in [0, 0.1) is 5.82 Å². The lowest BCUT2D eigenvalue weighted by molar-refractivity contribution is -0.126. The molecule has 3 heterocycles. The van der Waals surface area contributed by atoms with Gasteiger partial charge in [0.2, 0.25) is 5.76 Å². The maximum atomic E-state index is 14.4. The predicted octanol–water partition coefficient (Wildman–Crippen LogP) is 4.36. The highest BCUT2D eigenvalue weighted by Gasteiger charge is 2.64. The van der Waals surface area contributed by atoms with Crippen LogP contribution in [0.2, 0.25) is 0 Å². The van der Waals surface area contributed by atoms with E-state index in [2.05, 4.69) is 6.58 Å². The maximum Gasteiger partial charge on any atom is 0.291 e. The molecule has 3 aromatic carbocycles. The van der Waals surface area contributed by atoms with Crippen molar-refractivity contribution >= 4 is 28.5 Å². The van der Waals surface area contributed by atoms with Crippen LogP contribution in [0.4, 0.5) is 10.1 Å². The standard InChI is InChI=1S/C28H19FN2O4/c1-2-14-31-26(33)25-23(24(32)19-15-18(29)12-13-22(19)35-25)28(31)20-10-6-7-11-21(20)30(27(28)34)16-17-8-4-3-5-9-17/h2-13,15H,1,14,16H2. The van der Waals surface area contributed by atoms with Crippen LogP contribution >= 0.6 is 0 Å². The number of hydrogen-bond acceptors (Lipinski definition) is 4. The Labute approximate surface area is 199 Å². The number of halogens is 1. The molecule has 1 aromatic heterocycles. The zero-order chi connectivity index (χ0) is 24.3. The van der Waals surface area contributed by atoms with E-state index in [1.807, 2.05) is 30.3 Å². The number of anilines is 1. The Morgan fingerprint density at radius 1 is 0.971 bits per heavy atom. The first-order chi connectivity index (χ1) is 17.0. The Balaban J connectivity index is 1.68. The molecule has 35 heavy (non-hydrogen) atoms. The first kappa shape index (κ1) is 21.0. The second kappa shape index (κ2) is 7.50. The van der Waals surface area contributed by atoms with E-state index in [-0.39, 0.29) is 35.4 Å². The van der Waals surface area contributed by atoms with Gasteiger partial charge in [-0.05, 0) is 29.8 Å². The number of nitrogens with zero attached hydrogens (tertiary/aromatic N) is 2. The molecule has 0 aliphatic carbocycles. The van der Waals surface area contributed by atoms with Crippen LogP contribution in [0.1, 0.15) is 27.2 Å². The Hall–Kier alpha value is -4.52. The molecular formula is C28H19FN2O4. The molecule has 172 valence electrons. The monoisotopic (exact) mass is 466 g/mol. The molecule has 0 radical (unpaired) electrons. The van der Waals surface area contributed by atoms with Gasteiger partial charge in [-0.3, -0.25) is 14.4 Å². The summed E-state index contributed by atoms with van der Waals surface area (Å²) in [6.45, 7) is 4.01. The number of benzene rings is 3. The van der Waals surface area contributed by atoms with Crippen molar-refractivity contribution in [2.45, 2.75) is 12.1 Å². The molecule has 0 saturated carbocycles. The summed E-state index contributed by atoms with van der Waals surface area (Å²) >= 11 is 0. The van der Waals surface area contributed by atoms with Crippen LogP contribution in [-0.4, -0.2) is 23.3 Å². The summed E-state index contributed by atoms with van der Waals surface area (Å²) in [5.74, 6) is -1.86. The molecule has 1 spiro atoms. The van der Waals surface area contributed by atoms with Gasteiger partial charge in [-0.1, -0.05) is 54.6 Å². The second-order valence-electron chi connectivity index (χ2n) is 8.58. The molecule has 2 aliphatic heterocycles. The van der Waals surface area contributed by atoms with Gasteiger partial charge in [0.05, 0.1) is 23.2 Å². The molecule has 2 amide bonds. The zero-order valence-corrected chi connectivity index (χ0v) is 18.5. The minimum atomic E-state index is -1.74. The molecule has 0 bridgehead atoms. The summed E-state index contributed by atoms with van der Waals surface area (Å²) in [6.07, 6.45) is 1.51. The fraction of sp³-hybridized carbons (Fsp3) is 0.107. The summed E-state index contributed by atoms with van der Waals surface area (Å²) in [4.78, 5) is 44.8. The summed E-state index contributed by atoms with van der Waals surface area (Å²) in [5, 5.41) is -0.0248. The number of rotatable bonds is 4. The topological polar surface area (TPSA) is 70.8 Å². The predicted molar refractivity (Wildman–Crippen MR) is 129 cm³/mol. The van der Waals surface area contributed by atoms with E-state index in [0.717, 1.165) is 17.7 Å². The largest absolute Gasteiger partial charge is 0.450 e. The molecule has 0 fully saturated rings. The highest BCUT2D eigenvalue weighted by molar-refractivity contribution is 6.17. The fourth-order valence-electron chi connectivity index (χ4n) is 5.27. The molecule has 6 rings (SSSR count). The van der Waals surface area contributed by atoms with Gasteiger partial charge in [0.1, 0.15) is 11.4 Å².